The fourth-order valence-electron chi connectivity index (χ4n) is 3.36. The summed E-state index contributed by atoms with van der Waals surface area (Å²) in [6, 6.07) is 0. The van der Waals surface area contributed by atoms with E-state index in [9.17, 15) is 15.0 Å². The van der Waals surface area contributed by atoms with Crippen molar-refractivity contribution in [1.29, 1.82) is 0 Å². The average Bonchev–Trinajstić information content (AvgIpc) is 2.97. The highest BCUT2D eigenvalue weighted by atomic mass is 16.4. The third kappa shape index (κ3) is 11.5. The van der Waals surface area contributed by atoms with E-state index in [1.165, 1.54) is 0 Å². The molecule has 0 bridgehead atoms. The molecule has 0 aromatic rings. The molecule has 1 aliphatic rings. The maximum absolute atomic E-state index is 10.5. The minimum absolute atomic E-state index is 0.120. The third-order valence-corrected chi connectivity index (χ3v) is 4.85. The molecule has 0 amide bonds. The standard InChI is InChI=1S/C20H34O4.C2H6/c1-2-3-6-10-17(21)13-14-18-16(12-15-19(18)22)9-7-4-5-8-11-20(23)24;1-2/h4,7,13-14,16-19,21-22H,2-3,5-6,8-12,15H2,1H3,(H,23,24);1-2H3/b7-4-,14-13+;/t16-,17-,18+,19+;/m0./s1. The molecule has 0 saturated heterocycles. The van der Waals surface area contributed by atoms with Crippen LogP contribution in [0.15, 0.2) is 24.3 Å². The number of hydrogen-bond acceptors (Lipinski definition) is 3. The number of aliphatic hydroxyl groups is 2. The van der Waals surface area contributed by atoms with E-state index < -0.39 is 12.1 Å². The number of carboxylic acids is 1. The van der Waals surface area contributed by atoms with Gasteiger partial charge in [0.05, 0.1) is 12.2 Å². The van der Waals surface area contributed by atoms with Crippen molar-refractivity contribution in [2.45, 2.75) is 97.2 Å². The second-order valence-corrected chi connectivity index (χ2v) is 6.92. The minimum Gasteiger partial charge on any atom is -0.481 e. The quantitative estimate of drug-likeness (QED) is 0.331. The molecule has 26 heavy (non-hydrogen) atoms. The van der Waals surface area contributed by atoms with Gasteiger partial charge in [0.1, 0.15) is 0 Å². The molecule has 3 N–H and O–H groups in total. The van der Waals surface area contributed by atoms with Gasteiger partial charge in [-0.25, -0.2) is 0 Å². The highest BCUT2D eigenvalue weighted by Gasteiger charge is 2.32. The van der Waals surface area contributed by atoms with E-state index >= 15 is 0 Å². The van der Waals surface area contributed by atoms with Crippen molar-refractivity contribution in [3.05, 3.63) is 24.3 Å². The van der Waals surface area contributed by atoms with Crippen molar-refractivity contribution in [3.63, 3.8) is 0 Å². The summed E-state index contributed by atoms with van der Waals surface area (Å²) in [7, 11) is 0. The molecule has 0 radical (unpaired) electrons. The van der Waals surface area contributed by atoms with Crippen LogP contribution < -0.4 is 0 Å². The molecule has 0 aromatic carbocycles. The van der Waals surface area contributed by atoms with Crippen molar-refractivity contribution in [2.24, 2.45) is 11.8 Å². The zero-order valence-corrected chi connectivity index (χ0v) is 16.9. The summed E-state index contributed by atoms with van der Waals surface area (Å²) >= 11 is 0. The Hall–Kier alpha value is -1.13. The van der Waals surface area contributed by atoms with Crippen LogP contribution in [-0.4, -0.2) is 33.5 Å². The maximum Gasteiger partial charge on any atom is 0.303 e. The van der Waals surface area contributed by atoms with Crippen LogP contribution in [-0.2, 0) is 4.79 Å². The van der Waals surface area contributed by atoms with Crippen molar-refractivity contribution < 1.29 is 20.1 Å². The molecule has 1 aliphatic carbocycles. The average molecular weight is 369 g/mol. The van der Waals surface area contributed by atoms with Crippen LogP contribution in [0.3, 0.4) is 0 Å². The fraction of sp³-hybridized carbons (Fsp3) is 0.773. The van der Waals surface area contributed by atoms with Gasteiger partial charge in [-0.3, -0.25) is 4.79 Å². The Morgan fingerprint density at radius 3 is 2.54 bits per heavy atom. The molecule has 4 heteroatoms. The van der Waals surface area contributed by atoms with Gasteiger partial charge >= 0.3 is 5.97 Å². The summed E-state index contributed by atoms with van der Waals surface area (Å²) in [6.07, 6.45) is 15.9. The molecule has 0 aliphatic heterocycles. The molecule has 0 spiro atoms. The monoisotopic (exact) mass is 368 g/mol. The van der Waals surface area contributed by atoms with Crippen LogP contribution in [0, 0.1) is 11.8 Å². The summed E-state index contributed by atoms with van der Waals surface area (Å²) in [4.78, 5) is 10.5. The van der Waals surface area contributed by atoms with Gasteiger partial charge in [-0.1, -0.05) is 64.3 Å². The van der Waals surface area contributed by atoms with Gasteiger partial charge in [-0.05, 0) is 44.4 Å². The Morgan fingerprint density at radius 2 is 1.88 bits per heavy atom. The van der Waals surface area contributed by atoms with E-state index in [-0.39, 0.29) is 18.4 Å². The summed E-state index contributed by atoms with van der Waals surface area (Å²) in [5, 5.41) is 28.8. The van der Waals surface area contributed by atoms with Crippen LogP contribution in [0.25, 0.3) is 0 Å². The zero-order chi connectivity index (χ0) is 19.8. The number of allylic oxidation sites excluding steroid dienone is 2. The fourth-order valence-corrected chi connectivity index (χ4v) is 3.36. The first-order valence-corrected chi connectivity index (χ1v) is 10.5. The largest absolute Gasteiger partial charge is 0.481 e. The lowest BCUT2D eigenvalue weighted by Crippen LogP contribution is -2.17. The van der Waals surface area contributed by atoms with Gasteiger partial charge in [0.15, 0.2) is 0 Å². The number of aliphatic carboxylic acids is 1. The minimum atomic E-state index is -0.745. The molecule has 0 unspecified atom stereocenters. The SMILES string of the molecule is CC.CCCCC[C@H](O)/C=C/[C@@H]1[C@@H](C/C=C\CCCC(=O)O)CC[C@H]1O. The van der Waals surface area contributed by atoms with Crippen LogP contribution in [0.5, 0.6) is 0 Å². The molecule has 0 heterocycles. The van der Waals surface area contributed by atoms with Crippen molar-refractivity contribution in [2.75, 3.05) is 0 Å². The maximum atomic E-state index is 10.5. The number of carboxylic acid groups (broad SMARTS) is 1. The molecule has 1 fully saturated rings. The Labute approximate surface area is 160 Å². The Bertz CT molecular complexity index is 403. The van der Waals surface area contributed by atoms with Crippen molar-refractivity contribution in [3.8, 4) is 0 Å². The van der Waals surface area contributed by atoms with Gasteiger partial charge in [0.2, 0.25) is 0 Å². The van der Waals surface area contributed by atoms with Gasteiger partial charge in [0.25, 0.3) is 0 Å². The van der Waals surface area contributed by atoms with Crippen LogP contribution in [0.4, 0.5) is 0 Å². The Morgan fingerprint density at radius 1 is 1.15 bits per heavy atom. The normalized spacial score (nSPS) is 24.0. The number of carbonyl (C=O) groups is 1. The topological polar surface area (TPSA) is 77.8 Å². The third-order valence-electron chi connectivity index (χ3n) is 4.85. The number of unbranched alkanes of at least 4 members (excludes halogenated alkanes) is 3. The lowest BCUT2D eigenvalue weighted by Gasteiger charge is -2.18. The van der Waals surface area contributed by atoms with E-state index in [1.807, 2.05) is 32.1 Å². The number of hydrogen-bond donors (Lipinski definition) is 3. The van der Waals surface area contributed by atoms with Crippen LogP contribution in [0.1, 0.15) is 85.0 Å². The summed E-state index contributed by atoms with van der Waals surface area (Å²) in [5.41, 5.74) is 0. The van der Waals surface area contributed by atoms with Crippen molar-refractivity contribution >= 4 is 5.97 Å². The molecule has 4 nitrogen and oxygen atoms in total. The van der Waals surface area contributed by atoms with E-state index in [4.69, 9.17) is 5.11 Å². The van der Waals surface area contributed by atoms with E-state index in [0.29, 0.717) is 12.3 Å². The predicted molar refractivity (Wildman–Crippen MR) is 108 cm³/mol. The Balaban J connectivity index is 0.00000301. The lowest BCUT2D eigenvalue weighted by molar-refractivity contribution is -0.137. The molecular weight excluding hydrogens is 328 g/mol. The first-order chi connectivity index (χ1) is 12.5. The van der Waals surface area contributed by atoms with Gasteiger partial charge in [-0.15, -0.1) is 0 Å². The summed E-state index contributed by atoms with van der Waals surface area (Å²) in [6.45, 7) is 6.15. The van der Waals surface area contributed by atoms with Gasteiger partial charge in [0, 0.05) is 12.3 Å². The first kappa shape index (κ1) is 24.9. The van der Waals surface area contributed by atoms with Gasteiger partial charge < -0.3 is 15.3 Å². The van der Waals surface area contributed by atoms with E-state index in [0.717, 1.165) is 51.4 Å². The predicted octanol–water partition coefficient (Wildman–Crippen LogP) is 5.10. The summed E-state index contributed by atoms with van der Waals surface area (Å²) in [5.74, 6) is -0.214. The molecule has 152 valence electrons. The van der Waals surface area contributed by atoms with Crippen LogP contribution >= 0.6 is 0 Å². The van der Waals surface area contributed by atoms with E-state index in [2.05, 4.69) is 13.0 Å². The zero-order valence-electron chi connectivity index (χ0n) is 16.9. The second kappa shape index (κ2) is 16.1. The second-order valence-electron chi connectivity index (χ2n) is 6.92. The van der Waals surface area contributed by atoms with Crippen molar-refractivity contribution in [1.82, 2.24) is 0 Å². The highest BCUT2D eigenvalue weighted by molar-refractivity contribution is 5.66. The molecule has 1 saturated carbocycles. The number of aliphatic hydroxyl groups excluding tert-OH is 2. The molecular formula is C22H40O4. The number of rotatable bonds is 12. The Kier molecular flexibility index (Phi) is 15.4. The smallest absolute Gasteiger partial charge is 0.303 e. The highest BCUT2D eigenvalue weighted by Crippen LogP contribution is 2.36. The van der Waals surface area contributed by atoms with E-state index in [1.54, 1.807) is 0 Å². The van der Waals surface area contributed by atoms with Gasteiger partial charge in [-0.2, -0.15) is 0 Å². The molecule has 4 atom stereocenters. The lowest BCUT2D eigenvalue weighted by atomic mass is 9.90. The first-order valence-electron chi connectivity index (χ1n) is 10.5. The molecule has 1 rings (SSSR count). The summed E-state index contributed by atoms with van der Waals surface area (Å²) < 4.78 is 0. The molecule has 0 aromatic heterocycles. The van der Waals surface area contributed by atoms with Crippen LogP contribution in [0.2, 0.25) is 0 Å².